The van der Waals surface area contributed by atoms with Gasteiger partial charge in [-0.25, -0.2) is 12.7 Å². The van der Waals surface area contributed by atoms with Crippen LogP contribution in [0.2, 0.25) is 0 Å². The third-order valence-corrected chi connectivity index (χ3v) is 11.6. The molecule has 1 aliphatic heterocycles. The summed E-state index contributed by atoms with van der Waals surface area (Å²) in [6.07, 6.45) is -1.18. The minimum absolute atomic E-state index is 0.0156. The molecule has 0 saturated carbocycles. The van der Waals surface area contributed by atoms with E-state index in [1.54, 1.807) is 6.92 Å². The molecule has 0 aromatic carbocycles. The Labute approximate surface area is 125 Å². The number of hydrogen-bond acceptors (Lipinski definition) is 6. The number of aliphatic hydroxyl groups excluding tert-OH is 1. The monoisotopic (exact) mass is 343 g/mol. The van der Waals surface area contributed by atoms with Gasteiger partial charge in [0.2, 0.25) is 15.9 Å². The van der Waals surface area contributed by atoms with E-state index in [1.807, 2.05) is 6.92 Å². The summed E-state index contributed by atoms with van der Waals surface area (Å²) in [4.78, 5) is 11.0. The Kier molecular flexibility index (Phi) is 6.60. The number of hydrogen-bond donors (Lipinski definition) is 1. The van der Waals surface area contributed by atoms with Gasteiger partial charge in [0.1, 0.15) is 4.99 Å². The second kappa shape index (κ2) is 7.31. The van der Waals surface area contributed by atoms with E-state index in [2.05, 4.69) is 0 Å². The van der Waals surface area contributed by atoms with Gasteiger partial charge < -0.3 is 9.63 Å². The lowest BCUT2D eigenvalue weighted by Crippen LogP contribution is -2.33. The molecule has 2 atom stereocenters. The summed E-state index contributed by atoms with van der Waals surface area (Å²) in [6.45, 7) is 3.92. The maximum Gasteiger partial charge on any atom is 0.247 e. The van der Waals surface area contributed by atoms with Crippen molar-refractivity contribution in [2.45, 2.75) is 38.1 Å². The van der Waals surface area contributed by atoms with Crippen LogP contribution in [0.3, 0.4) is 0 Å². The SMILES string of the molecule is CCCP(=S)(OCC)C1CC(=O)N(CCCO)S1(=O)=O. The van der Waals surface area contributed by atoms with Gasteiger partial charge in [0.15, 0.2) is 0 Å². The number of carbonyl (C=O) groups is 1. The minimum Gasteiger partial charge on any atom is -0.396 e. The van der Waals surface area contributed by atoms with E-state index in [0.717, 1.165) is 10.7 Å². The number of sulfonamides is 1. The van der Waals surface area contributed by atoms with Gasteiger partial charge in [0.25, 0.3) is 0 Å². The van der Waals surface area contributed by atoms with E-state index in [9.17, 15) is 13.2 Å². The first-order chi connectivity index (χ1) is 9.33. The Balaban J connectivity index is 3.07. The number of aliphatic hydroxyl groups is 1. The lowest BCUT2D eigenvalue weighted by atomic mass is 10.4. The van der Waals surface area contributed by atoms with Gasteiger partial charge in [0.05, 0.1) is 12.7 Å². The van der Waals surface area contributed by atoms with Crippen LogP contribution in [0, 0.1) is 0 Å². The number of carbonyl (C=O) groups excluding carboxylic acids is 1. The Hall–Kier alpha value is -0.0100. The molecule has 2 unspecified atom stereocenters. The molecule has 1 aliphatic rings. The van der Waals surface area contributed by atoms with Crippen molar-refractivity contribution >= 4 is 34.0 Å². The summed E-state index contributed by atoms with van der Waals surface area (Å²) in [5.74, 6) is -0.437. The Bertz CT molecular complexity index is 483. The summed E-state index contributed by atoms with van der Waals surface area (Å²) in [5, 5.41) is 8.81. The van der Waals surface area contributed by atoms with Crippen LogP contribution >= 0.6 is 6.26 Å². The van der Waals surface area contributed by atoms with E-state index in [0.29, 0.717) is 12.8 Å². The van der Waals surface area contributed by atoms with Gasteiger partial charge >= 0.3 is 0 Å². The number of rotatable bonds is 8. The normalized spacial score (nSPS) is 24.9. The van der Waals surface area contributed by atoms with Crippen molar-refractivity contribution in [3.8, 4) is 0 Å². The average molecular weight is 343 g/mol. The maximum atomic E-state index is 12.5. The third kappa shape index (κ3) is 3.60. The van der Waals surface area contributed by atoms with E-state index in [-0.39, 0.29) is 26.0 Å². The fourth-order valence-electron chi connectivity index (χ4n) is 2.28. The van der Waals surface area contributed by atoms with Crippen molar-refractivity contribution in [1.82, 2.24) is 4.31 Å². The van der Waals surface area contributed by atoms with Crippen molar-refractivity contribution < 1.29 is 22.8 Å². The largest absolute Gasteiger partial charge is 0.396 e. The molecule has 1 rings (SSSR count). The lowest BCUT2D eigenvalue weighted by molar-refractivity contribution is -0.125. The van der Waals surface area contributed by atoms with E-state index < -0.39 is 27.2 Å². The second-order valence-corrected chi connectivity index (χ2v) is 11.6. The number of nitrogens with zero attached hydrogens (tertiary/aromatic N) is 1. The van der Waals surface area contributed by atoms with Crippen LogP contribution in [0.5, 0.6) is 0 Å². The molecule has 0 aromatic heterocycles. The lowest BCUT2D eigenvalue weighted by Gasteiger charge is -2.27. The van der Waals surface area contributed by atoms with Crippen LogP contribution in [0.25, 0.3) is 0 Å². The molecule has 6 nitrogen and oxygen atoms in total. The highest BCUT2D eigenvalue weighted by Crippen LogP contribution is 2.58. The van der Waals surface area contributed by atoms with Crippen LogP contribution in [0.15, 0.2) is 0 Å². The fraction of sp³-hybridized carbons (Fsp3) is 0.909. The van der Waals surface area contributed by atoms with E-state index in [4.69, 9.17) is 21.4 Å². The molecule has 0 radical (unpaired) electrons. The fourth-order valence-corrected chi connectivity index (χ4v) is 10.3. The molecule has 0 aromatic rings. The molecule has 0 aliphatic carbocycles. The van der Waals surface area contributed by atoms with Crippen molar-refractivity contribution in [3.63, 3.8) is 0 Å². The molecule has 118 valence electrons. The third-order valence-electron chi connectivity index (χ3n) is 3.12. The average Bonchev–Trinajstić information content (AvgIpc) is 2.59. The van der Waals surface area contributed by atoms with Crippen LogP contribution in [0.1, 0.15) is 33.1 Å². The Morgan fingerprint density at radius 3 is 2.65 bits per heavy atom. The van der Waals surface area contributed by atoms with Crippen LogP contribution in [0.4, 0.5) is 0 Å². The Morgan fingerprint density at radius 1 is 1.50 bits per heavy atom. The highest BCUT2D eigenvalue weighted by Gasteiger charge is 2.51. The molecule has 9 heteroatoms. The molecule has 1 N–H and O–H groups in total. The van der Waals surface area contributed by atoms with Gasteiger partial charge in [-0.05, 0) is 19.8 Å². The maximum absolute atomic E-state index is 12.5. The molecule has 20 heavy (non-hydrogen) atoms. The second-order valence-electron chi connectivity index (χ2n) is 4.61. The van der Waals surface area contributed by atoms with Gasteiger partial charge in [-0.2, -0.15) is 0 Å². The predicted molar refractivity (Wildman–Crippen MR) is 81.8 cm³/mol. The standard InChI is InChI=1S/C11H22NO5PS2/c1-3-8-18(19,17-4-2)11-9-10(14)12(6-5-7-13)20(11,15)16/h11,13H,3-9H2,1-2H3. The molecular formula is C11H22NO5PS2. The first-order valence-corrected chi connectivity index (χ1v) is 11.2. The molecule has 1 fully saturated rings. The smallest absolute Gasteiger partial charge is 0.247 e. The van der Waals surface area contributed by atoms with Crippen molar-refractivity contribution in [1.29, 1.82) is 0 Å². The van der Waals surface area contributed by atoms with Crippen LogP contribution < -0.4 is 0 Å². The molecule has 0 bridgehead atoms. The van der Waals surface area contributed by atoms with Gasteiger partial charge in [0, 0.05) is 25.9 Å². The summed E-state index contributed by atoms with van der Waals surface area (Å²) < 4.78 is 31.5. The zero-order valence-corrected chi connectivity index (χ0v) is 14.3. The minimum atomic E-state index is -3.76. The first-order valence-electron chi connectivity index (χ1n) is 6.72. The number of amides is 1. The van der Waals surface area contributed by atoms with Gasteiger partial charge in [-0.3, -0.25) is 4.79 Å². The van der Waals surface area contributed by atoms with E-state index >= 15 is 0 Å². The molecule has 1 amide bonds. The van der Waals surface area contributed by atoms with Gasteiger partial charge in [-0.15, -0.1) is 0 Å². The van der Waals surface area contributed by atoms with Gasteiger partial charge in [-0.1, -0.05) is 18.7 Å². The zero-order valence-electron chi connectivity index (χ0n) is 11.8. The quantitative estimate of drug-likeness (QED) is 0.665. The van der Waals surface area contributed by atoms with Crippen molar-refractivity contribution in [2.24, 2.45) is 0 Å². The van der Waals surface area contributed by atoms with Crippen LogP contribution in [-0.2, 0) is 31.1 Å². The molecule has 1 heterocycles. The van der Waals surface area contributed by atoms with Crippen LogP contribution in [-0.4, -0.2) is 54.6 Å². The summed E-state index contributed by atoms with van der Waals surface area (Å²) in [5.41, 5.74) is 0. The zero-order chi connectivity index (χ0) is 15.4. The highest BCUT2D eigenvalue weighted by molar-refractivity contribution is 8.18. The first kappa shape index (κ1) is 18.0. The van der Waals surface area contributed by atoms with E-state index in [1.165, 1.54) is 0 Å². The Morgan fingerprint density at radius 2 is 2.15 bits per heavy atom. The molecule has 0 spiro atoms. The topological polar surface area (TPSA) is 83.9 Å². The van der Waals surface area contributed by atoms with Crippen molar-refractivity contribution in [3.05, 3.63) is 0 Å². The van der Waals surface area contributed by atoms with Crippen molar-refractivity contribution in [2.75, 3.05) is 25.9 Å². The summed E-state index contributed by atoms with van der Waals surface area (Å²) in [7, 11) is -3.76. The highest BCUT2D eigenvalue weighted by atomic mass is 32.5. The molecular weight excluding hydrogens is 321 g/mol. The molecule has 1 saturated heterocycles. The predicted octanol–water partition coefficient (Wildman–Crippen LogP) is 1.10. The summed E-state index contributed by atoms with van der Waals surface area (Å²) >= 11 is 5.51. The summed E-state index contributed by atoms with van der Waals surface area (Å²) in [6, 6.07) is 0.